The molecule has 24 heavy (non-hydrogen) atoms. The number of nitrogens with zero attached hydrogens (tertiary/aromatic N) is 2. The number of rotatable bonds is 3. The smallest absolute Gasteiger partial charge is 0.266 e. The minimum atomic E-state index is -0.302. The Labute approximate surface area is 148 Å². The van der Waals surface area contributed by atoms with Gasteiger partial charge in [0.05, 0.1) is 0 Å². The van der Waals surface area contributed by atoms with Crippen LogP contribution in [0.15, 0.2) is 34.9 Å². The van der Waals surface area contributed by atoms with Gasteiger partial charge in [-0.2, -0.15) is 0 Å². The molecule has 0 fully saturated rings. The molecule has 124 valence electrons. The van der Waals surface area contributed by atoms with Crippen molar-refractivity contribution in [3.8, 4) is 5.75 Å². The molecular weight excluding hydrogens is 374 g/mol. The molecule has 1 aliphatic rings. The maximum Gasteiger partial charge on any atom is 0.266 e. The van der Waals surface area contributed by atoms with Crippen LogP contribution in [0.4, 0.5) is 11.5 Å². The van der Waals surface area contributed by atoms with E-state index in [2.05, 4.69) is 26.2 Å². The second-order valence-corrected chi connectivity index (χ2v) is 6.38. The van der Waals surface area contributed by atoms with E-state index in [1.807, 2.05) is 32.0 Å². The van der Waals surface area contributed by atoms with E-state index in [-0.39, 0.29) is 25.0 Å². The van der Waals surface area contributed by atoms with Crippen LogP contribution in [0.1, 0.15) is 11.1 Å². The first-order valence-electron chi connectivity index (χ1n) is 7.41. The average molecular weight is 390 g/mol. The minimum Gasteiger partial charge on any atom is -0.480 e. The predicted molar refractivity (Wildman–Crippen MR) is 94.3 cm³/mol. The Morgan fingerprint density at radius 3 is 2.83 bits per heavy atom. The summed E-state index contributed by atoms with van der Waals surface area (Å²) in [7, 11) is 0. The summed E-state index contributed by atoms with van der Waals surface area (Å²) in [6.45, 7) is 3.76. The number of aromatic nitrogens is 1. The van der Waals surface area contributed by atoms with Crippen LogP contribution in [-0.4, -0.2) is 29.9 Å². The van der Waals surface area contributed by atoms with Gasteiger partial charge in [-0.3, -0.25) is 14.5 Å². The van der Waals surface area contributed by atoms with E-state index < -0.39 is 0 Å². The van der Waals surface area contributed by atoms with Crippen LogP contribution < -0.4 is 15.0 Å². The Morgan fingerprint density at radius 1 is 1.29 bits per heavy atom. The van der Waals surface area contributed by atoms with Gasteiger partial charge < -0.3 is 10.1 Å². The highest BCUT2D eigenvalue weighted by Crippen LogP contribution is 2.31. The van der Waals surface area contributed by atoms with Crippen LogP contribution in [0.3, 0.4) is 0 Å². The zero-order chi connectivity index (χ0) is 17.3. The second kappa shape index (κ2) is 6.60. The van der Waals surface area contributed by atoms with Gasteiger partial charge in [-0.25, -0.2) is 4.98 Å². The Balaban J connectivity index is 1.77. The van der Waals surface area contributed by atoms with Gasteiger partial charge in [0.2, 0.25) is 5.91 Å². The lowest BCUT2D eigenvalue weighted by molar-refractivity contribution is -0.123. The molecule has 0 aliphatic carbocycles. The maximum atomic E-state index is 12.3. The van der Waals surface area contributed by atoms with Crippen LogP contribution in [0.25, 0.3) is 0 Å². The molecule has 0 radical (unpaired) electrons. The zero-order valence-electron chi connectivity index (χ0n) is 13.3. The van der Waals surface area contributed by atoms with Gasteiger partial charge in [0, 0.05) is 5.69 Å². The number of amides is 2. The fourth-order valence-electron chi connectivity index (χ4n) is 2.38. The van der Waals surface area contributed by atoms with Crippen molar-refractivity contribution >= 4 is 39.2 Å². The van der Waals surface area contributed by atoms with E-state index in [4.69, 9.17) is 4.74 Å². The summed E-state index contributed by atoms with van der Waals surface area (Å²) < 4.78 is 5.91. The number of halogens is 1. The van der Waals surface area contributed by atoms with Crippen LogP contribution in [0, 0.1) is 13.8 Å². The van der Waals surface area contributed by atoms with Gasteiger partial charge in [-0.1, -0.05) is 6.07 Å². The molecule has 2 heterocycles. The molecule has 7 heteroatoms. The van der Waals surface area contributed by atoms with E-state index in [1.165, 1.54) is 4.90 Å². The van der Waals surface area contributed by atoms with Gasteiger partial charge in [-0.05, 0) is 65.2 Å². The summed E-state index contributed by atoms with van der Waals surface area (Å²) in [6, 6.07) is 9.12. The lowest BCUT2D eigenvalue weighted by Gasteiger charge is -2.27. The molecule has 0 saturated heterocycles. The van der Waals surface area contributed by atoms with Crippen LogP contribution >= 0.6 is 15.9 Å². The van der Waals surface area contributed by atoms with Crippen molar-refractivity contribution in [1.29, 1.82) is 0 Å². The summed E-state index contributed by atoms with van der Waals surface area (Å²) in [6.07, 6.45) is 0. The van der Waals surface area contributed by atoms with Gasteiger partial charge in [0.1, 0.15) is 11.1 Å². The summed E-state index contributed by atoms with van der Waals surface area (Å²) >= 11 is 3.27. The second-order valence-electron chi connectivity index (χ2n) is 5.57. The Kier molecular flexibility index (Phi) is 4.53. The number of anilines is 2. The summed E-state index contributed by atoms with van der Waals surface area (Å²) in [4.78, 5) is 30.0. The van der Waals surface area contributed by atoms with Gasteiger partial charge in [0.25, 0.3) is 5.91 Å². The number of carbonyl (C=O) groups excluding carboxylic acids is 2. The number of ether oxygens (including phenoxy) is 1. The van der Waals surface area contributed by atoms with E-state index in [0.29, 0.717) is 21.9 Å². The van der Waals surface area contributed by atoms with E-state index >= 15 is 0 Å². The number of aryl methyl sites for hydroxylation is 2. The zero-order valence-corrected chi connectivity index (χ0v) is 14.9. The fourth-order valence-corrected chi connectivity index (χ4v) is 2.68. The third-order valence-electron chi connectivity index (χ3n) is 3.81. The Morgan fingerprint density at radius 2 is 2.08 bits per heavy atom. The minimum absolute atomic E-state index is 0.104. The number of pyridine rings is 1. The van der Waals surface area contributed by atoms with Gasteiger partial charge in [-0.15, -0.1) is 0 Å². The van der Waals surface area contributed by atoms with Gasteiger partial charge >= 0.3 is 0 Å². The number of hydrogen-bond acceptors (Lipinski definition) is 4. The standard InChI is InChI=1S/C17H16BrN3O3/c1-10-3-4-12(7-11(10)2)19-15(22)8-21-16(23)9-24-13-5-6-14(18)20-17(13)21/h3-7H,8-9H2,1-2H3,(H,19,22). The highest BCUT2D eigenvalue weighted by atomic mass is 79.9. The molecule has 0 atom stereocenters. The average Bonchev–Trinajstić information content (AvgIpc) is 2.54. The molecule has 1 aliphatic heterocycles. The molecule has 1 N–H and O–H groups in total. The topological polar surface area (TPSA) is 71.5 Å². The number of carbonyl (C=O) groups is 2. The predicted octanol–water partition coefficient (Wildman–Crippen LogP) is 2.83. The first kappa shape index (κ1) is 16.4. The van der Waals surface area contributed by atoms with Crippen molar-refractivity contribution in [2.24, 2.45) is 0 Å². The van der Waals surface area contributed by atoms with Crippen molar-refractivity contribution < 1.29 is 14.3 Å². The molecule has 2 aromatic rings. The SMILES string of the molecule is Cc1ccc(NC(=O)CN2C(=O)COc3ccc(Br)nc32)cc1C. The van der Waals surface area contributed by atoms with Crippen molar-refractivity contribution in [1.82, 2.24) is 4.98 Å². The number of benzene rings is 1. The fraction of sp³-hybridized carbons (Fsp3) is 0.235. The third-order valence-corrected chi connectivity index (χ3v) is 4.25. The molecule has 0 spiro atoms. The summed E-state index contributed by atoms with van der Waals surface area (Å²) in [5, 5.41) is 2.81. The van der Waals surface area contributed by atoms with Crippen LogP contribution in [0.2, 0.25) is 0 Å². The molecular formula is C17H16BrN3O3. The Hall–Kier alpha value is -2.41. The van der Waals surface area contributed by atoms with Crippen molar-refractivity contribution in [2.45, 2.75) is 13.8 Å². The molecule has 2 amide bonds. The number of nitrogens with one attached hydrogen (secondary N) is 1. The molecule has 6 nitrogen and oxygen atoms in total. The van der Waals surface area contributed by atoms with Crippen LogP contribution in [-0.2, 0) is 9.59 Å². The quantitative estimate of drug-likeness (QED) is 0.819. The van der Waals surface area contributed by atoms with E-state index in [1.54, 1.807) is 12.1 Å². The molecule has 0 bridgehead atoms. The molecule has 1 aromatic heterocycles. The summed E-state index contributed by atoms with van der Waals surface area (Å²) in [5.41, 5.74) is 2.94. The molecule has 0 unspecified atom stereocenters. The highest BCUT2D eigenvalue weighted by Gasteiger charge is 2.28. The normalized spacial score (nSPS) is 13.3. The monoisotopic (exact) mass is 389 g/mol. The maximum absolute atomic E-state index is 12.3. The molecule has 1 aromatic carbocycles. The lowest BCUT2D eigenvalue weighted by Crippen LogP contribution is -2.44. The number of fused-ring (bicyclic) bond motifs is 1. The van der Waals surface area contributed by atoms with E-state index in [9.17, 15) is 9.59 Å². The first-order valence-corrected chi connectivity index (χ1v) is 8.20. The molecule has 3 rings (SSSR count). The molecule has 0 saturated carbocycles. The van der Waals surface area contributed by atoms with Crippen LogP contribution in [0.5, 0.6) is 5.75 Å². The highest BCUT2D eigenvalue weighted by molar-refractivity contribution is 9.10. The number of hydrogen-bond donors (Lipinski definition) is 1. The largest absolute Gasteiger partial charge is 0.480 e. The van der Waals surface area contributed by atoms with Crippen molar-refractivity contribution in [3.05, 3.63) is 46.1 Å². The first-order chi connectivity index (χ1) is 11.4. The lowest BCUT2D eigenvalue weighted by atomic mass is 10.1. The van der Waals surface area contributed by atoms with Gasteiger partial charge in [0.15, 0.2) is 18.2 Å². The Bertz CT molecular complexity index is 823. The van der Waals surface area contributed by atoms with E-state index in [0.717, 1.165) is 11.1 Å². The van der Waals surface area contributed by atoms with Crippen molar-refractivity contribution in [3.63, 3.8) is 0 Å². The summed E-state index contributed by atoms with van der Waals surface area (Å²) in [5.74, 6) is 0.234. The van der Waals surface area contributed by atoms with Crippen molar-refractivity contribution in [2.75, 3.05) is 23.4 Å². The third kappa shape index (κ3) is 3.41.